The molecule has 0 aromatic heterocycles. The molecular formula is C21H24N4O3. The quantitative estimate of drug-likeness (QED) is 0.857. The maximum atomic E-state index is 12.8. The van der Waals surface area contributed by atoms with Gasteiger partial charge in [0.15, 0.2) is 0 Å². The number of amides is 3. The van der Waals surface area contributed by atoms with Gasteiger partial charge in [0.25, 0.3) is 5.91 Å². The fraction of sp³-hybridized carbons (Fsp3) is 0.333. The van der Waals surface area contributed by atoms with Crippen LogP contribution >= 0.6 is 0 Å². The van der Waals surface area contributed by atoms with Gasteiger partial charge in [0.1, 0.15) is 18.4 Å². The van der Waals surface area contributed by atoms with Crippen LogP contribution in [0.5, 0.6) is 5.75 Å². The zero-order valence-electron chi connectivity index (χ0n) is 15.8. The van der Waals surface area contributed by atoms with Crippen molar-refractivity contribution >= 4 is 23.3 Å². The summed E-state index contributed by atoms with van der Waals surface area (Å²) >= 11 is 0. The number of hydrogen-bond acceptors (Lipinski definition) is 4. The molecule has 2 aromatic carbocycles. The summed E-state index contributed by atoms with van der Waals surface area (Å²) in [7, 11) is 1.70. The van der Waals surface area contributed by atoms with Gasteiger partial charge in [-0.05, 0) is 30.7 Å². The lowest BCUT2D eigenvalue weighted by atomic mass is 10.2. The zero-order chi connectivity index (χ0) is 19.5. The molecule has 3 amide bonds. The van der Waals surface area contributed by atoms with Gasteiger partial charge >= 0.3 is 6.03 Å². The molecule has 2 atom stereocenters. The first-order valence-corrected chi connectivity index (χ1v) is 9.48. The number of rotatable bonds is 3. The minimum atomic E-state index is -0.717. The van der Waals surface area contributed by atoms with Crippen molar-refractivity contribution < 1.29 is 14.3 Å². The number of para-hydroxylation sites is 3. The van der Waals surface area contributed by atoms with E-state index in [1.165, 1.54) is 4.90 Å². The lowest BCUT2D eigenvalue weighted by Gasteiger charge is -2.24. The normalized spacial score (nSPS) is 21.5. The number of anilines is 2. The molecular weight excluding hydrogens is 356 g/mol. The van der Waals surface area contributed by atoms with Crippen LogP contribution < -0.4 is 20.3 Å². The first kappa shape index (κ1) is 18.2. The Bertz CT molecular complexity index is 858. The molecule has 2 aromatic rings. The van der Waals surface area contributed by atoms with Crippen LogP contribution in [0.1, 0.15) is 6.42 Å². The van der Waals surface area contributed by atoms with E-state index in [1.54, 1.807) is 11.9 Å². The molecule has 0 aliphatic carbocycles. The summed E-state index contributed by atoms with van der Waals surface area (Å²) in [5, 5.41) is 6.29. The third-order valence-corrected chi connectivity index (χ3v) is 5.18. The summed E-state index contributed by atoms with van der Waals surface area (Å²) in [4.78, 5) is 28.8. The predicted octanol–water partition coefficient (Wildman–Crippen LogP) is 2.31. The van der Waals surface area contributed by atoms with E-state index in [1.807, 2.05) is 54.6 Å². The number of nitrogens with one attached hydrogen (secondary N) is 2. The molecule has 0 radical (unpaired) electrons. The molecule has 0 bridgehead atoms. The fourth-order valence-electron chi connectivity index (χ4n) is 3.63. The van der Waals surface area contributed by atoms with Crippen LogP contribution in [0.25, 0.3) is 0 Å². The summed E-state index contributed by atoms with van der Waals surface area (Å²) in [6.45, 7) is 1.36. The molecule has 1 fully saturated rings. The predicted molar refractivity (Wildman–Crippen MR) is 108 cm³/mol. The number of benzene rings is 2. The van der Waals surface area contributed by atoms with Crippen molar-refractivity contribution in [3.05, 3.63) is 54.6 Å². The highest BCUT2D eigenvalue weighted by molar-refractivity contribution is 6.00. The largest absolute Gasteiger partial charge is 0.489 e. The van der Waals surface area contributed by atoms with E-state index >= 15 is 0 Å². The molecule has 7 heteroatoms. The summed E-state index contributed by atoms with van der Waals surface area (Å²) in [6, 6.07) is 16.6. The van der Waals surface area contributed by atoms with Crippen LogP contribution in [0.15, 0.2) is 54.6 Å². The number of carbonyl (C=O) groups is 2. The van der Waals surface area contributed by atoms with E-state index in [-0.39, 0.29) is 24.6 Å². The SMILES string of the molecule is CN1C(=O)C(NC(=O)N2CCC(Nc3ccccc3)C2)COc2ccccc21. The minimum Gasteiger partial charge on any atom is -0.489 e. The van der Waals surface area contributed by atoms with Gasteiger partial charge in [-0.15, -0.1) is 0 Å². The topological polar surface area (TPSA) is 73.9 Å². The lowest BCUT2D eigenvalue weighted by molar-refractivity contribution is -0.120. The lowest BCUT2D eigenvalue weighted by Crippen LogP contribution is -2.53. The molecule has 2 heterocycles. The average molecular weight is 380 g/mol. The van der Waals surface area contributed by atoms with Crippen LogP contribution in [0.2, 0.25) is 0 Å². The van der Waals surface area contributed by atoms with Crippen LogP contribution in [-0.2, 0) is 4.79 Å². The molecule has 7 nitrogen and oxygen atoms in total. The van der Waals surface area contributed by atoms with E-state index in [4.69, 9.17) is 4.74 Å². The first-order valence-electron chi connectivity index (χ1n) is 9.48. The Morgan fingerprint density at radius 3 is 2.68 bits per heavy atom. The molecule has 2 aliphatic rings. The second kappa shape index (κ2) is 7.80. The fourth-order valence-corrected chi connectivity index (χ4v) is 3.63. The van der Waals surface area contributed by atoms with E-state index in [9.17, 15) is 9.59 Å². The second-order valence-corrected chi connectivity index (χ2v) is 7.12. The molecule has 0 spiro atoms. The first-order chi connectivity index (χ1) is 13.6. The maximum absolute atomic E-state index is 12.8. The Morgan fingerprint density at radius 1 is 1.11 bits per heavy atom. The Hall–Kier alpha value is -3.22. The van der Waals surface area contributed by atoms with E-state index in [0.717, 1.165) is 12.1 Å². The Balaban J connectivity index is 1.36. The van der Waals surface area contributed by atoms with Crippen LogP contribution in [0.3, 0.4) is 0 Å². The van der Waals surface area contributed by atoms with E-state index < -0.39 is 6.04 Å². The average Bonchev–Trinajstić information content (AvgIpc) is 3.15. The molecule has 1 saturated heterocycles. The van der Waals surface area contributed by atoms with Gasteiger partial charge in [-0.25, -0.2) is 4.79 Å². The summed E-state index contributed by atoms with van der Waals surface area (Å²) < 4.78 is 5.76. The van der Waals surface area contributed by atoms with Crippen molar-refractivity contribution in [1.82, 2.24) is 10.2 Å². The number of nitrogens with zero attached hydrogens (tertiary/aromatic N) is 2. The Labute approximate surface area is 164 Å². The van der Waals surface area contributed by atoms with Gasteiger partial charge in [-0.2, -0.15) is 0 Å². The monoisotopic (exact) mass is 380 g/mol. The maximum Gasteiger partial charge on any atom is 0.318 e. The van der Waals surface area contributed by atoms with E-state index in [0.29, 0.717) is 24.5 Å². The molecule has 146 valence electrons. The van der Waals surface area contributed by atoms with Crippen molar-refractivity contribution in [3.63, 3.8) is 0 Å². The van der Waals surface area contributed by atoms with Crippen LogP contribution in [0, 0.1) is 0 Å². The van der Waals surface area contributed by atoms with E-state index in [2.05, 4.69) is 10.6 Å². The van der Waals surface area contributed by atoms with Crippen molar-refractivity contribution in [2.45, 2.75) is 18.5 Å². The number of carbonyl (C=O) groups excluding carboxylic acids is 2. The molecule has 2 N–H and O–H groups in total. The number of ether oxygens (including phenoxy) is 1. The number of urea groups is 1. The summed E-state index contributed by atoms with van der Waals surface area (Å²) in [6.07, 6.45) is 0.864. The highest BCUT2D eigenvalue weighted by atomic mass is 16.5. The number of likely N-dealkylation sites (N-methyl/N-ethyl adjacent to an activating group) is 1. The highest BCUT2D eigenvalue weighted by Gasteiger charge is 2.33. The van der Waals surface area contributed by atoms with Gasteiger partial charge in [-0.3, -0.25) is 4.79 Å². The van der Waals surface area contributed by atoms with Crippen molar-refractivity contribution in [3.8, 4) is 5.75 Å². The Kier molecular flexibility index (Phi) is 5.06. The van der Waals surface area contributed by atoms with Crippen molar-refractivity contribution in [1.29, 1.82) is 0 Å². The number of likely N-dealkylation sites (tertiary alicyclic amines) is 1. The molecule has 0 saturated carbocycles. The summed E-state index contributed by atoms with van der Waals surface area (Å²) in [5.41, 5.74) is 1.75. The summed E-state index contributed by atoms with van der Waals surface area (Å²) in [5.74, 6) is 0.458. The molecule has 28 heavy (non-hydrogen) atoms. The Morgan fingerprint density at radius 2 is 1.86 bits per heavy atom. The van der Waals surface area contributed by atoms with Crippen molar-refractivity contribution in [2.24, 2.45) is 0 Å². The molecule has 4 rings (SSSR count). The minimum absolute atomic E-state index is 0.117. The third-order valence-electron chi connectivity index (χ3n) is 5.18. The van der Waals surface area contributed by atoms with Gasteiger partial charge in [-0.1, -0.05) is 30.3 Å². The van der Waals surface area contributed by atoms with Crippen molar-refractivity contribution in [2.75, 3.05) is 37.0 Å². The zero-order valence-corrected chi connectivity index (χ0v) is 15.8. The third kappa shape index (κ3) is 3.74. The number of hydrogen-bond donors (Lipinski definition) is 2. The van der Waals surface area contributed by atoms with Crippen LogP contribution in [0.4, 0.5) is 16.2 Å². The molecule has 2 unspecified atom stereocenters. The van der Waals surface area contributed by atoms with Gasteiger partial charge in [0, 0.05) is 31.9 Å². The number of fused-ring (bicyclic) bond motifs is 1. The molecule has 2 aliphatic heterocycles. The van der Waals surface area contributed by atoms with Crippen LogP contribution in [-0.4, -0.2) is 55.7 Å². The highest BCUT2D eigenvalue weighted by Crippen LogP contribution is 2.29. The van der Waals surface area contributed by atoms with Gasteiger partial charge in [0.05, 0.1) is 5.69 Å². The second-order valence-electron chi connectivity index (χ2n) is 7.12. The van der Waals surface area contributed by atoms with Gasteiger partial charge in [0.2, 0.25) is 0 Å². The smallest absolute Gasteiger partial charge is 0.318 e. The van der Waals surface area contributed by atoms with Gasteiger partial charge < -0.3 is 25.2 Å². The standard InChI is InChI=1S/C21H24N4O3/c1-24-18-9-5-6-10-19(18)28-14-17(20(24)26)23-21(27)25-12-11-16(13-25)22-15-7-3-2-4-8-15/h2-10,16-17,22H,11-14H2,1H3,(H,23,27).